The number of amides is 1. The Hall–Kier alpha value is -3.47. The number of alkyl halides is 6. The number of nitrogens with zero attached hydrogens (tertiary/aromatic N) is 2. The van der Waals surface area contributed by atoms with Crippen molar-refractivity contribution in [1.82, 2.24) is 9.47 Å². The highest BCUT2D eigenvalue weighted by Crippen LogP contribution is 2.42. The van der Waals surface area contributed by atoms with Gasteiger partial charge in [-0.3, -0.25) is 4.79 Å². The van der Waals surface area contributed by atoms with Crippen LogP contribution in [0, 0.1) is 6.92 Å². The van der Waals surface area contributed by atoms with Gasteiger partial charge in [-0.25, -0.2) is 0 Å². The number of benzene rings is 2. The molecule has 3 aromatic rings. The number of halogens is 6. The minimum absolute atomic E-state index is 0.00993. The molecule has 2 aromatic carbocycles. The van der Waals surface area contributed by atoms with E-state index in [0.29, 0.717) is 31.6 Å². The highest BCUT2D eigenvalue weighted by Gasteiger charge is 2.42. The summed E-state index contributed by atoms with van der Waals surface area (Å²) in [6.45, 7) is 1.89. The summed E-state index contributed by atoms with van der Waals surface area (Å²) in [6.07, 6.45) is -8.66. The van der Waals surface area contributed by atoms with Crippen molar-refractivity contribution in [2.75, 3.05) is 20.3 Å². The predicted molar refractivity (Wildman–Crippen MR) is 128 cm³/mol. The van der Waals surface area contributed by atoms with Crippen LogP contribution in [0.25, 0.3) is 11.1 Å². The molecular formula is C27H26F6N2O3. The highest BCUT2D eigenvalue weighted by molar-refractivity contribution is 6.01. The van der Waals surface area contributed by atoms with Crippen molar-refractivity contribution in [3.8, 4) is 16.9 Å². The Morgan fingerprint density at radius 1 is 1.00 bits per heavy atom. The lowest BCUT2D eigenvalue weighted by Crippen LogP contribution is -2.41. The average Bonchev–Trinajstić information content (AvgIpc) is 3.15. The molecule has 4 rings (SSSR count). The molecule has 0 spiro atoms. The summed E-state index contributed by atoms with van der Waals surface area (Å²) in [5.74, 6) is -1.14. The van der Waals surface area contributed by atoms with Crippen LogP contribution in [0.15, 0.2) is 54.6 Å². The van der Waals surface area contributed by atoms with Crippen LogP contribution in [-0.4, -0.2) is 48.0 Å². The Morgan fingerprint density at radius 3 is 2.16 bits per heavy atom. The Balaban J connectivity index is 1.90. The van der Waals surface area contributed by atoms with Crippen LogP contribution < -0.4 is 4.74 Å². The Bertz CT molecular complexity index is 1260. The zero-order valence-corrected chi connectivity index (χ0v) is 20.7. The zero-order chi connectivity index (χ0) is 27.7. The fourth-order valence-electron chi connectivity index (χ4n) is 4.84. The third-order valence-corrected chi connectivity index (χ3v) is 6.60. The monoisotopic (exact) mass is 540 g/mol. The van der Waals surface area contributed by atoms with Crippen LogP contribution in [0.5, 0.6) is 5.75 Å². The van der Waals surface area contributed by atoms with E-state index < -0.39 is 29.9 Å². The summed E-state index contributed by atoms with van der Waals surface area (Å²) in [6, 6.07) is 12.7. The van der Waals surface area contributed by atoms with Crippen LogP contribution in [-0.2, 0) is 17.5 Å². The maximum absolute atomic E-state index is 14.5. The minimum atomic E-state index is -4.92. The molecule has 1 aliphatic heterocycles. The van der Waals surface area contributed by atoms with E-state index in [2.05, 4.69) is 4.74 Å². The number of hydrogen-bond donors (Lipinski definition) is 0. The summed E-state index contributed by atoms with van der Waals surface area (Å²) in [5.41, 5.74) is -0.639. The van der Waals surface area contributed by atoms with Gasteiger partial charge in [0.25, 0.3) is 5.91 Å². The second-order valence-electron chi connectivity index (χ2n) is 9.10. The fourth-order valence-corrected chi connectivity index (χ4v) is 4.84. The Kier molecular flexibility index (Phi) is 7.78. The van der Waals surface area contributed by atoms with Gasteiger partial charge in [-0.1, -0.05) is 42.5 Å². The minimum Gasteiger partial charge on any atom is -0.406 e. The quantitative estimate of drug-likeness (QED) is 0.328. The molecule has 11 heteroatoms. The van der Waals surface area contributed by atoms with Crippen LogP contribution >= 0.6 is 0 Å². The number of rotatable bonds is 6. The maximum Gasteiger partial charge on any atom is 0.573 e. The topological polar surface area (TPSA) is 43.7 Å². The highest BCUT2D eigenvalue weighted by atomic mass is 19.4. The molecule has 0 bridgehead atoms. The molecular weight excluding hydrogens is 514 g/mol. The van der Waals surface area contributed by atoms with Crippen molar-refractivity contribution in [1.29, 1.82) is 0 Å². The first kappa shape index (κ1) is 27.6. The molecule has 0 N–H and O–H groups in total. The van der Waals surface area contributed by atoms with Gasteiger partial charge in [0, 0.05) is 38.4 Å². The molecule has 1 amide bonds. The zero-order valence-electron chi connectivity index (χ0n) is 20.7. The number of carbonyl (C=O) groups is 1. The van der Waals surface area contributed by atoms with E-state index in [1.807, 2.05) is 0 Å². The lowest BCUT2D eigenvalue weighted by Gasteiger charge is -2.32. The molecule has 1 fully saturated rings. The van der Waals surface area contributed by atoms with Gasteiger partial charge in [0.1, 0.15) is 17.1 Å². The molecule has 0 saturated carbocycles. The largest absolute Gasteiger partial charge is 0.573 e. The average molecular weight is 541 g/mol. The van der Waals surface area contributed by atoms with E-state index in [1.165, 1.54) is 24.0 Å². The van der Waals surface area contributed by atoms with E-state index >= 15 is 0 Å². The van der Waals surface area contributed by atoms with E-state index in [1.54, 1.807) is 37.4 Å². The van der Waals surface area contributed by atoms with Crippen molar-refractivity contribution in [2.24, 2.45) is 0 Å². The van der Waals surface area contributed by atoms with E-state index in [9.17, 15) is 31.1 Å². The van der Waals surface area contributed by atoms with Crippen LogP contribution in [0.4, 0.5) is 26.3 Å². The second-order valence-corrected chi connectivity index (χ2v) is 9.10. The first-order valence-corrected chi connectivity index (χ1v) is 11.9. The van der Waals surface area contributed by atoms with Gasteiger partial charge in [0.2, 0.25) is 0 Å². The van der Waals surface area contributed by atoms with Crippen LogP contribution in [0.2, 0.25) is 0 Å². The Morgan fingerprint density at radius 2 is 1.61 bits per heavy atom. The van der Waals surface area contributed by atoms with E-state index in [0.717, 1.165) is 16.7 Å². The summed E-state index contributed by atoms with van der Waals surface area (Å²) >= 11 is 0. The number of hydrogen-bond acceptors (Lipinski definition) is 3. The van der Waals surface area contributed by atoms with Gasteiger partial charge in [-0.2, -0.15) is 13.2 Å². The fraction of sp³-hybridized carbons (Fsp3) is 0.370. The maximum atomic E-state index is 14.5. The second kappa shape index (κ2) is 10.7. The predicted octanol–water partition coefficient (Wildman–Crippen LogP) is 6.68. The van der Waals surface area contributed by atoms with E-state index in [4.69, 9.17) is 4.74 Å². The van der Waals surface area contributed by atoms with Crippen LogP contribution in [0.1, 0.15) is 40.2 Å². The summed E-state index contributed by atoms with van der Waals surface area (Å²) in [5, 5.41) is 0. The van der Waals surface area contributed by atoms with Crippen molar-refractivity contribution in [3.05, 3.63) is 77.1 Å². The molecule has 2 heterocycles. The summed E-state index contributed by atoms with van der Waals surface area (Å²) in [7, 11) is 1.55. The SMILES string of the molecule is Cc1c(-c2ccc(OC(F)(F)F)cc2)c(C(=O)N(C)C2CCOCC2)n(Cc2ccccc2)c1C(F)(F)F. The normalized spacial score (nSPS) is 14.9. The number of carbonyl (C=O) groups excluding carboxylic acids is 1. The van der Waals surface area contributed by atoms with E-state index in [-0.39, 0.29) is 35.0 Å². The van der Waals surface area contributed by atoms with Crippen molar-refractivity contribution >= 4 is 5.91 Å². The van der Waals surface area contributed by atoms with Gasteiger partial charge in [0.05, 0.1) is 0 Å². The third-order valence-electron chi connectivity index (χ3n) is 6.60. The molecule has 0 aliphatic carbocycles. The standard InChI is InChI=1S/C27H26F6N2O3/c1-17-22(19-8-10-21(11-9-19)38-27(31,32)33)23(25(36)34(2)20-12-14-37-15-13-20)35(24(17)26(28,29)30)16-18-6-4-3-5-7-18/h3-11,20H,12-16H2,1-2H3. The lowest BCUT2D eigenvalue weighted by molar-refractivity contribution is -0.274. The van der Waals surface area contributed by atoms with Gasteiger partial charge < -0.3 is 18.9 Å². The summed E-state index contributed by atoms with van der Waals surface area (Å²) in [4.78, 5) is 15.4. The van der Waals surface area contributed by atoms with Crippen molar-refractivity contribution in [3.63, 3.8) is 0 Å². The van der Waals surface area contributed by atoms with Crippen LogP contribution in [0.3, 0.4) is 0 Å². The van der Waals surface area contributed by atoms with Crippen molar-refractivity contribution < 1.29 is 40.6 Å². The van der Waals surface area contributed by atoms with Gasteiger partial charge >= 0.3 is 12.5 Å². The molecule has 0 unspecified atom stereocenters. The van der Waals surface area contributed by atoms with Gasteiger partial charge in [-0.15, -0.1) is 13.2 Å². The lowest BCUT2D eigenvalue weighted by atomic mass is 9.99. The molecule has 1 saturated heterocycles. The third kappa shape index (κ3) is 5.98. The molecule has 0 radical (unpaired) electrons. The van der Waals surface area contributed by atoms with Gasteiger partial charge in [0.15, 0.2) is 0 Å². The smallest absolute Gasteiger partial charge is 0.406 e. The van der Waals surface area contributed by atoms with Gasteiger partial charge in [-0.05, 0) is 48.6 Å². The number of ether oxygens (including phenoxy) is 2. The first-order valence-electron chi connectivity index (χ1n) is 11.9. The summed E-state index contributed by atoms with van der Waals surface area (Å²) < 4.78 is 91.6. The molecule has 0 atom stereocenters. The number of aromatic nitrogens is 1. The molecule has 5 nitrogen and oxygen atoms in total. The first-order chi connectivity index (χ1) is 17.9. The molecule has 1 aromatic heterocycles. The molecule has 38 heavy (non-hydrogen) atoms. The van der Waals surface area contributed by atoms with Crippen molar-refractivity contribution in [2.45, 2.75) is 44.9 Å². The Labute approximate surface area is 215 Å². The molecule has 1 aliphatic rings. The molecule has 204 valence electrons.